The fraction of sp³-hybridized carbons (Fsp3) is 0.889. The Morgan fingerprint density at radius 1 is 1.29 bits per heavy atom. The summed E-state index contributed by atoms with van der Waals surface area (Å²) in [5.74, 6) is 0.481. The van der Waals surface area contributed by atoms with Gasteiger partial charge in [-0.1, -0.05) is 19.3 Å². The van der Waals surface area contributed by atoms with Gasteiger partial charge < -0.3 is 0 Å². The summed E-state index contributed by atoms with van der Waals surface area (Å²) < 4.78 is 25.1. The first kappa shape index (κ1) is 11.5. The van der Waals surface area contributed by atoms with Crippen LogP contribution in [0.15, 0.2) is 0 Å². The third-order valence-corrected chi connectivity index (χ3v) is 4.05. The molecule has 1 rings (SSSR count). The zero-order valence-corrected chi connectivity index (χ0v) is 9.02. The average Bonchev–Trinajstić information content (AvgIpc) is 2.16. The number of nitrogens with zero attached hydrogens (tertiary/aromatic N) is 1. The largest absolute Gasteiger partial charge is 0.212 e. The Kier molecular flexibility index (Phi) is 4.36. The maximum Gasteiger partial charge on any atom is 0.212 e. The van der Waals surface area contributed by atoms with Crippen LogP contribution in [-0.2, 0) is 10.0 Å². The molecule has 0 atom stereocenters. The predicted octanol–water partition coefficient (Wildman–Crippen LogP) is 1.01. The lowest BCUT2D eigenvalue weighted by Gasteiger charge is -2.20. The molecule has 80 valence electrons. The van der Waals surface area contributed by atoms with E-state index in [0.29, 0.717) is 5.92 Å². The molecule has 0 amide bonds. The Bertz CT molecular complexity index is 299. The van der Waals surface area contributed by atoms with Gasteiger partial charge in [-0.05, 0) is 18.8 Å². The molecule has 0 spiro atoms. The molecule has 0 bridgehead atoms. The molecule has 0 aromatic carbocycles. The molecule has 1 aliphatic carbocycles. The Hall–Kier alpha value is -0.600. The van der Waals surface area contributed by atoms with Crippen LogP contribution in [0.4, 0.5) is 0 Å². The summed E-state index contributed by atoms with van der Waals surface area (Å²) in [6.45, 7) is -0.116. The van der Waals surface area contributed by atoms with Crippen molar-refractivity contribution in [3.05, 3.63) is 0 Å². The zero-order chi connectivity index (χ0) is 10.4. The Labute approximate surface area is 85.4 Å². The van der Waals surface area contributed by atoms with E-state index in [1.54, 1.807) is 6.07 Å². The van der Waals surface area contributed by atoms with Gasteiger partial charge in [0.2, 0.25) is 10.0 Å². The summed E-state index contributed by atoms with van der Waals surface area (Å²) in [4.78, 5) is 0. The number of sulfonamides is 1. The first-order valence-electron chi connectivity index (χ1n) is 4.98. The predicted molar refractivity (Wildman–Crippen MR) is 54.0 cm³/mol. The minimum Gasteiger partial charge on any atom is -0.212 e. The van der Waals surface area contributed by atoms with Crippen LogP contribution in [0.3, 0.4) is 0 Å². The fourth-order valence-electron chi connectivity index (χ4n) is 1.87. The van der Waals surface area contributed by atoms with Crippen molar-refractivity contribution in [1.82, 2.24) is 4.72 Å². The smallest absolute Gasteiger partial charge is 0.212 e. The lowest BCUT2D eigenvalue weighted by atomic mass is 9.91. The Morgan fingerprint density at radius 3 is 2.50 bits per heavy atom. The molecule has 0 aromatic rings. The van der Waals surface area contributed by atoms with Crippen LogP contribution in [0.1, 0.15) is 32.1 Å². The minimum atomic E-state index is -3.22. The molecule has 0 aromatic heterocycles. The highest BCUT2D eigenvalue weighted by molar-refractivity contribution is 7.89. The van der Waals surface area contributed by atoms with Crippen molar-refractivity contribution in [3.8, 4) is 6.07 Å². The molecule has 1 aliphatic rings. The molecule has 0 saturated heterocycles. The van der Waals surface area contributed by atoms with Gasteiger partial charge in [-0.2, -0.15) is 5.26 Å². The van der Waals surface area contributed by atoms with Crippen LogP contribution in [0.5, 0.6) is 0 Å². The molecular weight excluding hydrogens is 200 g/mol. The summed E-state index contributed by atoms with van der Waals surface area (Å²) in [5.41, 5.74) is 0. The molecule has 1 N–H and O–H groups in total. The fourth-order valence-corrected chi connectivity index (χ4v) is 3.22. The number of rotatable bonds is 4. The van der Waals surface area contributed by atoms with Crippen LogP contribution >= 0.6 is 0 Å². The summed E-state index contributed by atoms with van der Waals surface area (Å²) in [6, 6.07) is 1.77. The van der Waals surface area contributed by atoms with Crippen molar-refractivity contribution in [2.45, 2.75) is 32.1 Å². The molecule has 0 radical (unpaired) electrons. The van der Waals surface area contributed by atoms with Crippen molar-refractivity contribution >= 4 is 10.0 Å². The van der Waals surface area contributed by atoms with Gasteiger partial charge >= 0.3 is 0 Å². The number of nitriles is 1. The number of hydrogen-bond acceptors (Lipinski definition) is 3. The van der Waals surface area contributed by atoms with E-state index in [1.165, 1.54) is 6.42 Å². The van der Waals surface area contributed by atoms with E-state index in [1.807, 2.05) is 0 Å². The maximum absolute atomic E-state index is 11.4. The summed E-state index contributed by atoms with van der Waals surface area (Å²) >= 11 is 0. The number of nitrogens with one attached hydrogen (secondary N) is 1. The molecule has 0 aliphatic heterocycles. The Morgan fingerprint density at radius 2 is 1.93 bits per heavy atom. The van der Waals surface area contributed by atoms with Gasteiger partial charge in [0.05, 0.1) is 18.4 Å². The van der Waals surface area contributed by atoms with Gasteiger partial charge in [0.1, 0.15) is 0 Å². The third kappa shape index (κ3) is 4.07. The highest BCUT2D eigenvalue weighted by Crippen LogP contribution is 2.24. The lowest BCUT2D eigenvalue weighted by Crippen LogP contribution is -2.30. The molecule has 5 heteroatoms. The van der Waals surface area contributed by atoms with E-state index in [-0.39, 0.29) is 12.3 Å². The average molecular weight is 216 g/mol. The Balaban J connectivity index is 2.38. The van der Waals surface area contributed by atoms with Gasteiger partial charge in [-0.15, -0.1) is 0 Å². The topological polar surface area (TPSA) is 70.0 Å². The van der Waals surface area contributed by atoms with E-state index in [2.05, 4.69) is 4.72 Å². The molecule has 14 heavy (non-hydrogen) atoms. The molecule has 4 nitrogen and oxygen atoms in total. The summed E-state index contributed by atoms with van der Waals surface area (Å²) in [6.07, 6.45) is 5.51. The van der Waals surface area contributed by atoms with Crippen LogP contribution < -0.4 is 4.72 Å². The number of hydrogen-bond donors (Lipinski definition) is 1. The van der Waals surface area contributed by atoms with Crippen LogP contribution in [0.2, 0.25) is 0 Å². The molecule has 0 heterocycles. The molecule has 0 unspecified atom stereocenters. The van der Waals surface area contributed by atoms with Gasteiger partial charge in [0.25, 0.3) is 0 Å². The minimum absolute atomic E-state index is 0.116. The van der Waals surface area contributed by atoms with E-state index < -0.39 is 10.0 Å². The second-order valence-electron chi connectivity index (χ2n) is 3.76. The van der Waals surface area contributed by atoms with Crippen molar-refractivity contribution in [2.75, 3.05) is 12.3 Å². The van der Waals surface area contributed by atoms with Crippen molar-refractivity contribution < 1.29 is 8.42 Å². The van der Waals surface area contributed by atoms with Gasteiger partial charge in [-0.25, -0.2) is 13.1 Å². The second-order valence-corrected chi connectivity index (χ2v) is 5.62. The van der Waals surface area contributed by atoms with Crippen molar-refractivity contribution in [3.63, 3.8) is 0 Å². The quantitative estimate of drug-likeness (QED) is 0.713. The SMILES string of the molecule is N#CCNS(=O)(=O)CC1CCCCC1. The van der Waals surface area contributed by atoms with Crippen molar-refractivity contribution in [2.24, 2.45) is 5.92 Å². The van der Waals surface area contributed by atoms with Crippen LogP contribution in [0.25, 0.3) is 0 Å². The normalized spacial score (nSPS) is 19.1. The summed E-state index contributed by atoms with van der Waals surface area (Å²) in [7, 11) is -3.22. The van der Waals surface area contributed by atoms with E-state index >= 15 is 0 Å². The highest BCUT2D eigenvalue weighted by Gasteiger charge is 2.20. The molecule has 1 saturated carbocycles. The van der Waals surface area contributed by atoms with Gasteiger partial charge in [0, 0.05) is 0 Å². The molecular formula is C9H16N2O2S. The summed E-state index contributed by atoms with van der Waals surface area (Å²) in [5, 5.41) is 8.26. The van der Waals surface area contributed by atoms with Crippen molar-refractivity contribution in [1.29, 1.82) is 5.26 Å². The lowest BCUT2D eigenvalue weighted by molar-refractivity contribution is 0.384. The third-order valence-electron chi connectivity index (χ3n) is 2.55. The molecule has 1 fully saturated rings. The highest BCUT2D eigenvalue weighted by atomic mass is 32.2. The van der Waals surface area contributed by atoms with Gasteiger partial charge in [0.15, 0.2) is 0 Å². The first-order valence-corrected chi connectivity index (χ1v) is 6.63. The van der Waals surface area contributed by atoms with Gasteiger partial charge in [-0.3, -0.25) is 0 Å². The van der Waals surface area contributed by atoms with Crippen LogP contribution in [-0.4, -0.2) is 20.7 Å². The standard InChI is InChI=1S/C9H16N2O2S/c10-6-7-11-14(12,13)8-9-4-2-1-3-5-9/h9,11H,1-5,7-8H2. The first-order chi connectivity index (χ1) is 6.64. The monoisotopic (exact) mass is 216 g/mol. The zero-order valence-electron chi connectivity index (χ0n) is 8.20. The van der Waals surface area contributed by atoms with E-state index in [9.17, 15) is 8.42 Å². The second kappa shape index (κ2) is 5.32. The van der Waals surface area contributed by atoms with Crippen LogP contribution in [0, 0.1) is 17.2 Å². The van der Waals surface area contributed by atoms with E-state index in [0.717, 1.165) is 25.7 Å². The van der Waals surface area contributed by atoms with E-state index in [4.69, 9.17) is 5.26 Å². The maximum atomic E-state index is 11.4.